The number of nitrogens with one attached hydrogen (secondary N) is 1. The third-order valence-electron chi connectivity index (χ3n) is 2.11. The van der Waals surface area contributed by atoms with Gasteiger partial charge in [0.1, 0.15) is 0 Å². The van der Waals surface area contributed by atoms with Gasteiger partial charge in [0.05, 0.1) is 5.57 Å². The van der Waals surface area contributed by atoms with Gasteiger partial charge in [-0.2, -0.15) is 0 Å². The normalized spacial score (nSPS) is 16.4. The summed E-state index contributed by atoms with van der Waals surface area (Å²) in [5.41, 5.74) is 1.75. The molecule has 0 atom stereocenters. The summed E-state index contributed by atoms with van der Waals surface area (Å²) in [4.78, 5) is 22.5. The van der Waals surface area contributed by atoms with Crippen molar-refractivity contribution >= 4 is 34.6 Å². The summed E-state index contributed by atoms with van der Waals surface area (Å²) in [6.07, 6.45) is 1.32. The van der Waals surface area contributed by atoms with Crippen LogP contribution in [0.25, 0.3) is 5.57 Å². The molecule has 15 heavy (non-hydrogen) atoms. The molecule has 1 amide bonds. The minimum absolute atomic E-state index is 0.159. The molecule has 1 N–H and O–H groups in total. The first-order valence-electron chi connectivity index (χ1n) is 4.41. The number of allylic oxidation sites excluding steroid dienone is 1. The monoisotopic (exact) mass is 221 g/mol. The largest absolute Gasteiger partial charge is 0.321 e. The highest BCUT2D eigenvalue weighted by atomic mass is 35.5. The number of ketones is 1. The van der Waals surface area contributed by atoms with Crippen molar-refractivity contribution in [1.82, 2.24) is 0 Å². The maximum Gasteiger partial charge on any atom is 0.256 e. The number of hydrogen-bond donors (Lipinski definition) is 1. The topological polar surface area (TPSA) is 46.2 Å². The van der Waals surface area contributed by atoms with E-state index in [1.165, 1.54) is 13.0 Å². The van der Waals surface area contributed by atoms with E-state index in [0.29, 0.717) is 21.8 Å². The van der Waals surface area contributed by atoms with Crippen LogP contribution in [0.15, 0.2) is 24.3 Å². The van der Waals surface area contributed by atoms with E-state index in [4.69, 9.17) is 11.6 Å². The van der Waals surface area contributed by atoms with Crippen LogP contribution in [0.3, 0.4) is 0 Å². The molecule has 1 heterocycles. The van der Waals surface area contributed by atoms with Crippen molar-refractivity contribution in [3.8, 4) is 0 Å². The van der Waals surface area contributed by atoms with Crippen molar-refractivity contribution in [3.63, 3.8) is 0 Å². The fraction of sp³-hybridized carbons (Fsp3) is 0.0909. The summed E-state index contributed by atoms with van der Waals surface area (Å²) in [6, 6.07) is 5.08. The van der Waals surface area contributed by atoms with Crippen LogP contribution in [0.4, 0.5) is 5.69 Å². The van der Waals surface area contributed by atoms with Crippen LogP contribution in [0, 0.1) is 0 Å². The highest BCUT2D eigenvalue weighted by Crippen LogP contribution is 2.33. The van der Waals surface area contributed by atoms with Gasteiger partial charge in [-0.05, 0) is 31.2 Å². The summed E-state index contributed by atoms with van der Waals surface area (Å²) in [5.74, 6) is -0.421. The smallest absolute Gasteiger partial charge is 0.256 e. The molecule has 76 valence electrons. The zero-order chi connectivity index (χ0) is 11.0. The third-order valence-corrected chi connectivity index (χ3v) is 2.35. The lowest BCUT2D eigenvalue weighted by molar-refractivity contribution is -0.113. The number of hydrogen-bond acceptors (Lipinski definition) is 2. The number of amides is 1. The van der Waals surface area contributed by atoms with E-state index >= 15 is 0 Å². The number of halogens is 1. The minimum Gasteiger partial charge on any atom is -0.321 e. The number of anilines is 1. The van der Waals surface area contributed by atoms with Gasteiger partial charge in [-0.1, -0.05) is 11.6 Å². The molecule has 3 nitrogen and oxygen atoms in total. The van der Waals surface area contributed by atoms with Crippen LogP contribution in [0.1, 0.15) is 12.5 Å². The highest BCUT2D eigenvalue weighted by Gasteiger charge is 2.24. The molecule has 0 radical (unpaired) electrons. The van der Waals surface area contributed by atoms with E-state index in [9.17, 15) is 9.59 Å². The van der Waals surface area contributed by atoms with E-state index in [-0.39, 0.29) is 11.7 Å². The summed E-state index contributed by atoms with van der Waals surface area (Å²) < 4.78 is 0. The van der Waals surface area contributed by atoms with Gasteiger partial charge < -0.3 is 5.32 Å². The SMILES string of the molecule is CC(=O)/C=C1\C(=O)Nc2ccc(Cl)cc21. The molecule has 1 aliphatic rings. The van der Waals surface area contributed by atoms with Crippen LogP contribution in [0.2, 0.25) is 5.02 Å². The average molecular weight is 222 g/mol. The molecule has 0 saturated carbocycles. The number of carbonyl (C=O) groups excluding carboxylic acids is 2. The lowest BCUT2D eigenvalue weighted by atomic mass is 10.1. The Morgan fingerprint density at radius 1 is 1.47 bits per heavy atom. The fourth-order valence-corrected chi connectivity index (χ4v) is 1.68. The summed E-state index contributed by atoms with van der Waals surface area (Å²) >= 11 is 5.82. The molecule has 4 heteroatoms. The Bertz CT molecular complexity index is 491. The highest BCUT2D eigenvalue weighted by molar-refractivity contribution is 6.36. The minimum atomic E-state index is -0.262. The third kappa shape index (κ3) is 1.78. The first kappa shape index (κ1) is 9.93. The standard InChI is InChI=1S/C11H8ClNO2/c1-6(14)4-9-8-5-7(12)2-3-10(8)13-11(9)15/h2-5H,1H3,(H,13,15)/b9-4-. The van der Waals surface area contributed by atoms with Crippen molar-refractivity contribution in [2.45, 2.75) is 6.92 Å². The maximum absolute atomic E-state index is 11.5. The van der Waals surface area contributed by atoms with Crippen LogP contribution >= 0.6 is 11.6 Å². The van der Waals surface area contributed by atoms with Crippen molar-refractivity contribution in [3.05, 3.63) is 34.9 Å². The predicted octanol–water partition coefficient (Wildman–Crippen LogP) is 2.26. The Hall–Kier alpha value is -1.61. The molecule has 1 aliphatic heterocycles. The van der Waals surface area contributed by atoms with Crippen LogP contribution in [0.5, 0.6) is 0 Å². The molecular formula is C11H8ClNO2. The number of rotatable bonds is 1. The van der Waals surface area contributed by atoms with Gasteiger partial charge in [0, 0.05) is 16.3 Å². The summed E-state index contributed by atoms with van der Waals surface area (Å²) in [6.45, 7) is 1.41. The van der Waals surface area contributed by atoms with E-state index in [0.717, 1.165) is 0 Å². The first-order chi connectivity index (χ1) is 7.08. The molecule has 0 aliphatic carbocycles. The van der Waals surface area contributed by atoms with Crippen molar-refractivity contribution in [2.75, 3.05) is 5.32 Å². The summed E-state index contributed by atoms with van der Waals surface area (Å²) in [5, 5.41) is 3.20. The molecule has 0 unspecified atom stereocenters. The Kier molecular flexibility index (Phi) is 2.32. The van der Waals surface area contributed by atoms with E-state index < -0.39 is 0 Å². The molecule has 0 bridgehead atoms. The number of fused-ring (bicyclic) bond motifs is 1. The Morgan fingerprint density at radius 3 is 2.87 bits per heavy atom. The molecule has 2 rings (SSSR count). The predicted molar refractivity (Wildman–Crippen MR) is 58.7 cm³/mol. The van der Waals surface area contributed by atoms with Gasteiger partial charge in [-0.25, -0.2) is 0 Å². The van der Waals surface area contributed by atoms with Gasteiger partial charge in [-0.15, -0.1) is 0 Å². The average Bonchev–Trinajstić information content (AvgIpc) is 2.43. The summed E-state index contributed by atoms with van der Waals surface area (Å²) in [7, 11) is 0. The van der Waals surface area contributed by atoms with Gasteiger partial charge in [0.15, 0.2) is 5.78 Å². The lowest BCUT2D eigenvalue weighted by Crippen LogP contribution is -2.04. The van der Waals surface area contributed by atoms with Crippen molar-refractivity contribution in [1.29, 1.82) is 0 Å². The van der Waals surface area contributed by atoms with E-state index in [2.05, 4.69) is 5.32 Å². The molecule has 1 aromatic carbocycles. The Labute approximate surface area is 91.7 Å². The second kappa shape index (κ2) is 3.51. The molecule has 1 aromatic rings. The molecule has 0 spiro atoms. The Balaban J connectivity index is 2.58. The van der Waals surface area contributed by atoms with Crippen LogP contribution in [-0.2, 0) is 9.59 Å². The van der Waals surface area contributed by atoms with Crippen molar-refractivity contribution in [2.24, 2.45) is 0 Å². The van der Waals surface area contributed by atoms with Crippen LogP contribution < -0.4 is 5.32 Å². The van der Waals surface area contributed by atoms with Crippen LogP contribution in [-0.4, -0.2) is 11.7 Å². The van der Waals surface area contributed by atoms with Gasteiger partial charge >= 0.3 is 0 Å². The van der Waals surface area contributed by atoms with Gasteiger partial charge in [-0.3, -0.25) is 9.59 Å². The second-order valence-corrected chi connectivity index (χ2v) is 3.75. The second-order valence-electron chi connectivity index (χ2n) is 3.31. The van der Waals surface area contributed by atoms with E-state index in [1.54, 1.807) is 18.2 Å². The quantitative estimate of drug-likeness (QED) is 0.740. The zero-order valence-electron chi connectivity index (χ0n) is 8.00. The van der Waals surface area contributed by atoms with Crippen molar-refractivity contribution < 1.29 is 9.59 Å². The molecule has 0 aromatic heterocycles. The first-order valence-corrected chi connectivity index (χ1v) is 4.79. The Morgan fingerprint density at radius 2 is 2.20 bits per heavy atom. The lowest BCUT2D eigenvalue weighted by Gasteiger charge is -1.97. The van der Waals surface area contributed by atoms with E-state index in [1.807, 2.05) is 0 Å². The van der Waals surface area contributed by atoms with Gasteiger partial charge in [0.2, 0.25) is 0 Å². The number of carbonyl (C=O) groups is 2. The maximum atomic E-state index is 11.5. The fourth-order valence-electron chi connectivity index (χ4n) is 1.51. The number of benzene rings is 1. The molecule has 0 fully saturated rings. The molecule has 0 saturated heterocycles. The molecular weight excluding hydrogens is 214 g/mol. The zero-order valence-corrected chi connectivity index (χ0v) is 8.76. The van der Waals surface area contributed by atoms with Gasteiger partial charge in [0.25, 0.3) is 5.91 Å².